The Morgan fingerprint density at radius 1 is 0.923 bits per heavy atom. The molecule has 0 aromatic heterocycles. The Morgan fingerprint density at radius 2 is 1.58 bits per heavy atom. The summed E-state index contributed by atoms with van der Waals surface area (Å²) in [5.41, 5.74) is 3.97. The maximum absolute atomic E-state index is 13.3. The molecule has 130 valence electrons. The minimum absolute atomic E-state index is 0.0620. The molecular formula is C22H19ClN2O. The molecule has 0 radical (unpaired) electrons. The third-order valence-corrected chi connectivity index (χ3v) is 5.13. The number of hydrogen-bond donors (Lipinski definition) is 0. The molecular weight excluding hydrogens is 344 g/mol. The topological polar surface area (TPSA) is 23.6 Å². The van der Waals surface area contributed by atoms with Crippen LogP contribution in [0.4, 0.5) is 5.69 Å². The number of amides is 1. The van der Waals surface area contributed by atoms with Crippen LogP contribution in [-0.4, -0.2) is 18.0 Å². The Bertz CT molecular complexity index is 942. The molecule has 0 saturated heterocycles. The fourth-order valence-electron chi connectivity index (χ4n) is 3.56. The van der Waals surface area contributed by atoms with Gasteiger partial charge in [0.25, 0.3) is 5.91 Å². The summed E-state index contributed by atoms with van der Waals surface area (Å²) in [6.07, 6.45) is 0. The van der Waals surface area contributed by atoms with Gasteiger partial charge in [0.15, 0.2) is 0 Å². The largest absolute Gasteiger partial charge is 0.272 e. The highest BCUT2D eigenvalue weighted by Gasteiger charge is 2.40. The number of rotatable bonds is 4. The average Bonchev–Trinajstić information content (AvgIpc) is 2.96. The lowest BCUT2D eigenvalue weighted by Crippen LogP contribution is -2.42. The van der Waals surface area contributed by atoms with E-state index < -0.39 is 0 Å². The molecule has 1 aliphatic heterocycles. The molecule has 1 amide bonds. The first kappa shape index (κ1) is 16.8. The predicted molar refractivity (Wildman–Crippen MR) is 105 cm³/mol. The van der Waals surface area contributed by atoms with Crippen molar-refractivity contribution < 1.29 is 4.79 Å². The third kappa shape index (κ3) is 2.90. The molecule has 1 atom stereocenters. The average molecular weight is 363 g/mol. The second kappa shape index (κ2) is 6.94. The lowest BCUT2D eigenvalue weighted by Gasteiger charge is -2.29. The van der Waals surface area contributed by atoms with Crippen LogP contribution in [0.15, 0.2) is 78.9 Å². The second-order valence-electron chi connectivity index (χ2n) is 6.46. The molecule has 3 nitrogen and oxygen atoms in total. The lowest BCUT2D eigenvalue weighted by molar-refractivity contribution is -0.121. The molecule has 0 aliphatic carbocycles. The van der Waals surface area contributed by atoms with Gasteiger partial charge < -0.3 is 0 Å². The molecule has 0 N–H and O–H groups in total. The molecule has 3 aromatic rings. The van der Waals surface area contributed by atoms with Gasteiger partial charge in [-0.1, -0.05) is 78.3 Å². The highest BCUT2D eigenvalue weighted by Crippen LogP contribution is 2.41. The van der Waals surface area contributed by atoms with Crippen LogP contribution < -0.4 is 5.01 Å². The number of para-hydroxylation sites is 1. The highest BCUT2D eigenvalue weighted by atomic mass is 35.5. The van der Waals surface area contributed by atoms with Gasteiger partial charge in [0, 0.05) is 18.6 Å². The molecule has 0 saturated carbocycles. The zero-order chi connectivity index (χ0) is 18.1. The van der Waals surface area contributed by atoms with E-state index in [2.05, 4.69) is 0 Å². The maximum Gasteiger partial charge on any atom is 0.253 e. The third-order valence-electron chi connectivity index (χ3n) is 4.76. The summed E-state index contributed by atoms with van der Waals surface area (Å²) in [5.74, 6) is -0.215. The van der Waals surface area contributed by atoms with Gasteiger partial charge in [0.2, 0.25) is 0 Å². The predicted octanol–water partition coefficient (Wildman–Crippen LogP) is 4.87. The van der Waals surface area contributed by atoms with E-state index in [0.717, 1.165) is 22.4 Å². The molecule has 1 heterocycles. The zero-order valence-electron chi connectivity index (χ0n) is 14.5. The summed E-state index contributed by atoms with van der Waals surface area (Å²) in [4.78, 5) is 13.3. The van der Waals surface area contributed by atoms with Crippen LogP contribution in [0.1, 0.15) is 22.6 Å². The lowest BCUT2D eigenvalue weighted by atomic mass is 9.93. The second-order valence-corrected chi connectivity index (χ2v) is 6.87. The van der Waals surface area contributed by atoms with Crippen LogP contribution in [0.2, 0.25) is 5.02 Å². The van der Waals surface area contributed by atoms with Gasteiger partial charge in [0.05, 0.1) is 11.6 Å². The SMILES string of the molecule is CN(Cc1ccccc1Cl)N1C(=O)[C@@H](c2ccccc2)c2ccccc21. The summed E-state index contributed by atoms with van der Waals surface area (Å²) in [6.45, 7) is 0.557. The molecule has 1 aliphatic rings. The van der Waals surface area contributed by atoms with E-state index in [9.17, 15) is 4.79 Å². The van der Waals surface area contributed by atoms with Crippen LogP contribution >= 0.6 is 11.6 Å². The zero-order valence-corrected chi connectivity index (χ0v) is 15.2. The summed E-state index contributed by atoms with van der Waals surface area (Å²) >= 11 is 6.31. The summed E-state index contributed by atoms with van der Waals surface area (Å²) < 4.78 is 0. The van der Waals surface area contributed by atoms with Gasteiger partial charge in [0.1, 0.15) is 0 Å². The van der Waals surface area contributed by atoms with Crippen molar-refractivity contribution in [2.24, 2.45) is 0 Å². The molecule has 26 heavy (non-hydrogen) atoms. The molecule has 4 heteroatoms. The van der Waals surface area contributed by atoms with Crippen LogP contribution in [0.5, 0.6) is 0 Å². The number of hydrazine groups is 1. The summed E-state index contributed by atoms with van der Waals surface area (Å²) in [5, 5.41) is 4.42. The van der Waals surface area contributed by atoms with Crippen molar-refractivity contribution in [1.82, 2.24) is 5.01 Å². The van der Waals surface area contributed by atoms with Crippen molar-refractivity contribution in [2.45, 2.75) is 12.5 Å². The smallest absolute Gasteiger partial charge is 0.253 e. The van der Waals surface area contributed by atoms with Crippen molar-refractivity contribution in [1.29, 1.82) is 0 Å². The van der Waals surface area contributed by atoms with Gasteiger partial charge in [-0.2, -0.15) is 0 Å². The van der Waals surface area contributed by atoms with E-state index in [1.807, 2.05) is 90.9 Å². The highest BCUT2D eigenvalue weighted by molar-refractivity contribution is 6.31. The van der Waals surface area contributed by atoms with E-state index in [0.29, 0.717) is 11.6 Å². The number of anilines is 1. The van der Waals surface area contributed by atoms with Gasteiger partial charge in [-0.25, -0.2) is 10.0 Å². The van der Waals surface area contributed by atoms with Gasteiger partial charge in [-0.05, 0) is 28.8 Å². The Hall–Kier alpha value is -2.62. The minimum atomic E-state index is -0.277. The number of nitrogens with zero attached hydrogens (tertiary/aromatic N) is 2. The van der Waals surface area contributed by atoms with E-state index in [1.54, 1.807) is 5.01 Å². The van der Waals surface area contributed by atoms with Crippen molar-refractivity contribution >= 4 is 23.2 Å². The number of hydrogen-bond acceptors (Lipinski definition) is 2. The minimum Gasteiger partial charge on any atom is -0.272 e. The van der Waals surface area contributed by atoms with Crippen molar-refractivity contribution in [3.63, 3.8) is 0 Å². The fraction of sp³-hybridized carbons (Fsp3) is 0.136. The standard InChI is InChI=1S/C22H19ClN2O/c1-24(15-17-11-5-7-13-19(17)23)25-20-14-8-6-12-18(20)21(22(25)26)16-9-3-2-4-10-16/h2-14,21H,15H2,1H3/t21-/m0/s1. The molecule has 0 unspecified atom stereocenters. The Morgan fingerprint density at radius 3 is 2.35 bits per heavy atom. The quantitative estimate of drug-likeness (QED) is 0.661. The Balaban J connectivity index is 1.71. The Labute approximate surface area is 158 Å². The number of benzene rings is 3. The Kier molecular flexibility index (Phi) is 4.49. The first-order chi connectivity index (χ1) is 12.7. The molecule has 3 aromatic carbocycles. The first-order valence-electron chi connectivity index (χ1n) is 8.59. The normalized spacial score (nSPS) is 16.2. The molecule has 0 fully saturated rings. The summed E-state index contributed by atoms with van der Waals surface area (Å²) in [7, 11) is 1.92. The number of carbonyl (C=O) groups excluding carboxylic acids is 1. The van der Waals surface area contributed by atoms with Crippen LogP contribution in [0, 0.1) is 0 Å². The fourth-order valence-corrected chi connectivity index (χ4v) is 3.76. The van der Waals surface area contributed by atoms with E-state index in [-0.39, 0.29) is 11.8 Å². The molecule has 0 spiro atoms. The maximum atomic E-state index is 13.3. The van der Waals surface area contributed by atoms with Crippen LogP contribution in [-0.2, 0) is 11.3 Å². The monoisotopic (exact) mass is 362 g/mol. The van der Waals surface area contributed by atoms with Crippen LogP contribution in [0.25, 0.3) is 0 Å². The number of carbonyl (C=O) groups is 1. The van der Waals surface area contributed by atoms with Crippen molar-refractivity contribution in [3.05, 3.63) is 101 Å². The molecule has 4 rings (SSSR count). The molecule has 0 bridgehead atoms. The van der Waals surface area contributed by atoms with Gasteiger partial charge >= 0.3 is 0 Å². The summed E-state index contributed by atoms with van der Waals surface area (Å²) in [6, 6.07) is 25.7. The van der Waals surface area contributed by atoms with Gasteiger partial charge in [-0.3, -0.25) is 4.79 Å². The van der Waals surface area contributed by atoms with E-state index in [4.69, 9.17) is 11.6 Å². The number of halogens is 1. The first-order valence-corrected chi connectivity index (χ1v) is 8.97. The number of fused-ring (bicyclic) bond motifs is 1. The van der Waals surface area contributed by atoms with Gasteiger partial charge in [-0.15, -0.1) is 0 Å². The van der Waals surface area contributed by atoms with E-state index >= 15 is 0 Å². The van der Waals surface area contributed by atoms with E-state index in [1.165, 1.54) is 0 Å². The van der Waals surface area contributed by atoms with Crippen LogP contribution in [0.3, 0.4) is 0 Å². The van der Waals surface area contributed by atoms with Crippen molar-refractivity contribution in [2.75, 3.05) is 12.1 Å². The van der Waals surface area contributed by atoms with Crippen molar-refractivity contribution in [3.8, 4) is 0 Å².